The van der Waals surface area contributed by atoms with E-state index in [1.807, 2.05) is 6.92 Å². The molecular formula is C10H9Cl2NO2. The van der Waals surface area contributed by atoms with Crippen molar-refractivity contribution in [3.63, 3.8) is 0 Å². The average molecular weight is 246 g/mol. The van der Waals surface area contributed by atoms with Gasteiger partial charge in [0, 0.05) is 17.5 Å². The summed E-state index contributed by atoms with van der Waals surface area (Å²) in [5.41, 5.74) is 0.751. The summed E-state index contributed by atoms with van der Waals surface area (Å²) >= 11 is 12.0. The Bertz CT molecular complexity index is 416. The van der Waals surface area contributed by atoms with Crippen molar-refractivity contribution in [3.8, 4) is 0 Å². The number of nitrogens with zero attached hydrogens (tertiary/aromatic N) is 1. The van der Waals surface area contributed by atoms with E-state index in [0.29, 0.717) is 6.42 Å². The minimum Gasteiger partial charge on any atom is -0.258 e. The van der Waals surface area contributed by atoms with Gasteiger partial charge in [0.25, 0.3) is 5.69 Å². The zero-order valence-electron chi connectivity index (χ0n) is 8.04. The van der Waals surface area contributed by atoms with Crippen LogP contribution in [-0.2, 0) is 5.41 Å². The molecule has 5 heteroatoms. The molecule has 0 aromatic heterocycles. The van der Waals surface area contributed by atoms with E-state index in [1.54, 1.807) is 12.1 Å². The van der Waals surface area contributed by atoms with Crippen molar-refractivity contribution in [2.24, 2.45) is 0 Å². The molecule has 0 heterocycles. The van der Waals surface area contributed by atoms with Gasteiger partial charge in [-0.05, 0) is 12.0 Å². The number of alkyl halides is 2. The molecule has 1 atom stereocenters. The molecule has 1 saturated carbocycles. The van der Waals surface area contributed by atoms with Crippen LogP contribution in [0.25, 0.3) is 0 Å². The Morgan fingerprint density at radius 1 is 1.33 bits per heavy atom. The minimum absolute atomic E-state index is 0.0812. The van der Waals surface area contributed by atoms with Crippen molar-refractivity contribution < 1.29 is 4.92 Å². The highest BCUT2D eigenvalue weighted by Gasteiger charge is 2.63. The second-order valence-corrected chi connectivity index (χ2v) is 5.50. The van der Waals surface area contributed by atoms with E-state index < -0.39 is 9.26 Å². The van der Waals surface area contributed by atoms with E-state index in [2.05, 4.69) is 0 Å². The molecule has 1 aliphatic carbocycles. The van der Waals surface area contributed by atoms with E-state index in [1.165, 1.54) is 12.1 Å². The number of nitro benzene ring substituents is 1. The number of nitro groups is 1. The summed E-state index contributed by atoms with van der Waals surface area (Å²) < 4.78 is -0.733. The second-order valence-electron chi connectivity index (χ2n) is 4.02. The third-order valence-corrected chi connectivity index (χ3v) is 4.07. The molecule has 0 bridgehead atoms. The molecule has 80 valence electrons. The van der Waals surface area contributed by atoms with Crippen molar-refractivity contribution in [2.75, 3.05) is 0 Å². The molecule has 0 saturated heterocycles. The van der Waals surface area contributed by atoms with Crippen LogP contribution in [0, 0.1) is 10.1 Å². The van der Waals surface area contributed by atoms with Crippen LogP contribution in [0.5, 0.6) is 0 Å². The molecule has 1 fully saturated rings. The largest absolute Gasteiger partial charge is 0.269 e. The molecule has 0 amide bonds. The molecule has 2 rings (SSSR count). The van der Waals surface area contributed by atoms with Gasteiger partial charge in [-0.1, -0.05) is 19.1 Å². The van der Waals surface area contributed by atoms with Crippen LogP contribution < -0.4 is 0 Å². The predicted octanol–water partition coefficient (Wildman–Crippen LogP) is 3.43. The Balaban J connectivity index is 2.30. The highest BCUT2D eigenvalue weighted by molar-refractivity contribution is 6.52. The molecule has 3 nitrogen and oxygen atoms in total. The fraction of sp³-hybridized carbons (Fsp3) is 0.400. The maximum absolute atomic E-state index is 10.5. The summed E-state index contributed by atoms with van der Waals surface area (Å²) in [6, 6.07) is 6.38. The number of hydrogen-bond donors (Lipinski definition) is 0. The van der Waals surface area contributed by atoms with Crippen LogP contribution in [0.4, 0.5) is 5.69 Å². The summed E-state index contributed by atoms with van der Waals surface area (Å²) in [5, 5.41) is 10.5. The first kappa shape index (κ1) is 10.7. The van der Waals surface area contributed by atoms with E-state index in [0.717, 1.165) is 5.56 Å². The summed E-state index contributed by atoms with van der Waals surface area (Å²) in [6.45, 7) is 1.95. The van der Waals surface area contributed by atoms with Gasteiger partial charge in [-0.2, -0.15) is 0 Å². The lowest BCUT2D eigenvalue weighted by molar-refractivity contribution is -0.384. The summed E-state index contributed by atoms with van der Waals surface area (Å²) in [6.07, 6.45) is 0.681. The third-order valence-electron chi connectivity index (χ3n) is 2.97. The van der Waals surface area contributed by atoms with Crippen molar-refractivity contribution >= 4 is 28.9 Å². The average Bonchev–Trinajstić information content (AvgIpc) is 2.67. The zero-order chi connectivity index (χ0) is 11.3. The van der Waals surface area contributed by atoms with Crippen LogP contribution in [0.15, 0.2) is 24.3 Å². The van der Waals surface area contributed by atoms with Gasteiger partial charge in [0.2, 0.25) is 0 Å². The van der Waals surface area contributed by atoms with Gasteiger partial charge >= 0.3 is 0 Å². The maximum atomic E-state index is 10.5. The molecule has 1 aliphatic rings. The minimum atomic E-state index is -0.733. The summed E-state index contributed by atoms with van der Waals surface area (Å²) in [5.74, 6) is 0. The van der Waals surface area contributed by atoms with Crippen LogP contribution in [0.1, 0.15) is 18.9 Å². The quantitative estimate of drug-likeness (QED) is 0.455. The van der Waals surface area contributed by atoms with Gasteiger partial charge in [-0.25, -0.2) is 0 Å². The summed E-state index contributed by atoms with van der Waals surface area (Å²) in [7, 11) is 0. The van der Waals surface area contributed by atoms with E-state index in [4.69, 9.17) is 23.2 Å². The number of halogens is 2. The Hall–Kier alpha value is -0.800. The monoisotopic (exact) mass is 245 g/mol. The lowest BCUT2D eigenvalue weighted by Crippen LogP contribution is -2.09. The van der Waals surface area contributed by atoms with Crippen molar-refractivity contribution in [1.29, 1.82) is 0 Å². The first-order chi connectivity index (χ1) is 6.87. The SMILES string of the molecule is C[C@]1(c2ccc([N+](=O)[O-])cc2)CC1(Cl)Cl. The molecule has 0 N–H and O–H groups in total. The van der Waals surface area contributed by atoms with Gasteiger partial charge in [0.05, 0.1) is 4.92 Å². The normalized spacial score (nSPS) is 27.4. The fourth-order valence-electron chi connectivity index (χ4n) is 1.66. The zero-order valence-corrected chi connectivity index (χ0v) is 9.55. The van der Waals surface area contributed by atoms with Crippen LogP contribution in [-0.4, -0.2) is 9.26 Å². The van der Waals surface area contributed by atoms with Crippen molar-refractivity contribution in [2.45, 2.75) is 23.1 Å². The molecule has 1 aromatic carbocycles. The Kier molecular flexibility index (Phi) is 2.21. The standard InChI is InChI=1S/C10H9Cl2NO2/c1-9(6-10(9,11)12)7-2-4-8(5-3-7)13(14)15/h2-5H,6H2,1H3/t9-/m1/s1. The van der Waals surface area contributed by atoms with Gasteiger partial charge in [-0.3, -0.25) is 10.1 Å². The Labute approximate surface area is 97.1 Å². The topological polar surface area (TPSA) is 43.1 Å². The maximum Gasteiger partial charge on any atom is 0.269 e. The van der Waals surface area contributed by atoms with Gasteiger partial charge in [0.15, 0.2) is 0 Å². The van der Waals surface area contributed by atoms with E-state index >= 15 is 0 Å². The summed E-state index contributed by atoms with van der Waals surface area (Å²) in [4.78, 5) is 10.0. The highest BCUT2D eigenvalue weighted by atomic mass is 35.5. The molecule has 15 heavy (non-hydrogen) atoms. The Morgan fingerprint density at radius 3 is 2.13 bits per heavy atom. The molecular weight excluding hydrogens is 237 g/mol. The predicted molar refractivity (Wildman–Crippen MR) is 59.5 cm³/mol. The lowest BCUT2D eigenvalue weighted by atomic mass is 9.98. The van der Waals surface area contributed by atoms with Gasteiger partial charge in [0.1, 0.15) is 4.33 Å². The fourth-order valence-corrected chi connectivity index (χ4v) is 2.42. The molecule has 1 aromatic rings. The second kappa shape index (κ2) is 3.09. The van der Waals surface area contributed by atoms with E-state index in [9.17, 15) is 10.1 Å². The van der Waals surface area contributed by atoms with Crippen LogP contribution in [0.3, 0.4) is 0 Å². The molecule has 0 spiro atoms. The van der Waals surface area contributed by atoms with Gasteiger partial charge in [-0.15, -0.1) is 23.2 Å². The van der Waals surface area contributed by atoms with Crippen molar-refractivity contribution in [1.82, 2.24) is 0 Å². The van der Waals surface area contributed by atoms with Crippen LogP contribution in [0.2, 0.25) is 0 Å². The number of non-ortho nitro benzene ring substituents is 1. The van der Waals surface area contributed by atoms with Crippen LogP contribution >= 0.6 is 23.2 Å². The number of rotatable bonds is 2. The Morgan fingerprint density at radius 2 is 1.80 bits per heavy atom. The smallest absolute Gasteiger partial charge is 0.258 e. The first-order valence-corrected chi connectivity index (χ1v) is 5.25. The lowest BCUT2D eigenvalue weighted by Gasteiger charge is -2.11. The van der Waals surface area contributed by atoms with E-state index in [-0.39, 0.29) is 11.1 Å². The van der Waals surface area contributed by atoms with Crippen molar-refractivity contribution in [3.05, 3.63) is 39.9 Å². The highest BCUT2D eigenvalue weighted by Crippen LogP contribution is 2.64. The molecule has 0 radical (unpaired) electrons. The van der Waals surface area contributed by atoms with Gasteiger partial charge < -0.3 is 0 Å². The first-order valence-electron chi connectivity index (χ1n) is 4.50. The number of benzene rings is 1. The molecule has 0 aliphatic heterocycles. The molecule has 0 unspecified atom stereocenters. The third kappa shape index (κ3) is 1.60. The number of hydrogen-bond acceptors (Lipinski definition) is 2.